The van der Waals surface area contributed by atoms with Gasteiger partial charge in [-0.25, -0.2) is 4.98 Å². The van der Waals surface area contributed by atoms with Crippen molar-refractivity contribution < 1.29 is 0 Å². The van der Waals surface area contributed by atoms with Crippen LogP contribution in [0.3, 0.4) is 0 Å². The Morgan fingerprint density at radius 3 is 2.61 bits per heavy atom. The lowest BCUT2D eigenvalue weighted by atomic mass is 10.0. The first-order valence-corrected chi connectivity index (χ1v) is 6.78. The number of fused-ring (bicyclic) bond motifs is 1. The number of thiazole rings is 1. The third-order valence-electron chi connectivity index (χ3n) is 3.09. The fraction of sp³-hybridized carbons (Fsp3) is 0.133. The first-order valence-electron chi connectivity index (χ1n) is 5.90. The third-order valence-corrected chi connectivity index (χ3v) is 3.88. The van der Waals surface area contributed by atoms with Crippen LogP contribution in [0.4, 0.5) is 0 Å². The Hall–Kier alpha value is -1.71. The molecular formula is C15H14N2S. The molecular weight excluding hydrogens is 240 g/mol. The molecule has 90 valence electrons. The number of rotatable bonds is 2. The number of hydrogen-bond donors (Lipinski definition) is 1. The molecule has 0 aliphatic carbocycles. The van der Waals surface area contributed by atoms with Gasteiger partial charge in [0.2, 0.25) is 0 Å². The zero-order chi connectivity index (χ0) is 12.5. The van der Waals surface area contributed by atoms with Crippen LogP contribution in [0.2, 0.25) is 0 Å². The molecule has 3 aromatic rings. The Labute approximate surface area is 110 Å². The highest BCUT2D eigenvalue weighted by molar-refractivity contribution is 7.09. The zero-order valence-corrected chi connectivity index (χ0v) is 10.9. The summed E-state index contributed by atoms with van der Waals surface area (Å²) >= 11 is 1.64. The van der Waals surface area contributed by atoms with E-state index in [0.29, 0.717) is 0 Å². The van der Waals surface area contributed by atoms with E-state index in [0.717, 1.165) is 16.3 Å². The van der Waals surface area contributed by atoms with Crippen LogP contribution in [0.15, 0.2) is 47.8 Å². The van der Waals surface area contributed by atoms with E-state index in [1.165, 1.54) is 10.8 Å². The molecule has 1 heterocycles. The number of hydrogen-bond acceptors (Lipinski definition) is 3. The van der Waals surface area contributed by atoms with Crippen LogP contribution in [0, 0.1) is 6.92 Å². The summed E-state index contributed by atoms with van der Waals surface area (Å²) in [7, 11) is 0. The van der Waals surface area contributed by atoms with Crippen LogP contribution < -0.4 is 5.73 Å². The summed E-state index contributed by atoms with van der Waals surface area (Å²) in [6.45, 7) is 2.00. The number of aryl methyl sites for hydroxylation is 1. The second-order valence-corrected chi connectivity index (χ2v) is 5.44. The van der Waals surface area contributed by atoms with Crippen molar-refractivity contribution in [1.82, 2.24) is 4.98 Å². The van der Waals surface area contributed by atoms with Crippen LogP contribution in [0.5, 0.6) is 0 Å². The quantitative estimate of drug-likeness (QED) is 0.758. The standard InChI is InChI=1S/C15H14N2S/c1-10-17-14(9-18-10)15(16)13-7-6-11-4-2-3-5-12(11)8-13/h2-9,15H,16H2,1H3. The van der Waals surface area contributed by atoms with E-state index in [1.807, 2.05) is 24.4 Å². The van der Waals surface area contributed by atoms with Gasteiger partial charge in [-0.05, 0) is 29.3 Å². The van der Waals surface area contributed by atoms with Crippen LogP contribution >= 0.6 is 11.3 Å². The van der Waals surface area contributed by atoms with Gasteiger partial charge in [-0.15, -0.1) is 11.3 Å². The van der Waals surface area contributed by atoms with Crippen molar-refractivity contribution >= 4 is 22.1 Å². The molecule has 1 aromatic heterocycles. The molecule has 0 amide bonds. The van der Waals surface area contributed by atoms with E-state index in [4.69, 9.17) is 5.73 Å². The molecule has 0 spiro atoms. The SMILES string of the molecule is Cc1nc(C(N)c2ccc3ccccc3c2)cs1. The fourth-order valence-corrected chi connectivity index (χ4v) is 2.74. The van der Waals surface area contributed by atoms with Crippen molar-refractivity contribution in [3.63, 3.8) is 0 Å². The monoisotopic (exact) mass is 254 g/mol. The Balaban J connectivity index is 2.03. The van der Waals surface area contributed by atoms with E-state index in [1.54, 1.807) is 11.3 Å². The van der Waals surface area contributed by atoms with E-state index in [9.17, 15) is 0 Å². The molecule has 2 nitrogen and oxygen atoms in total. The molecule has 3 heteroatoms. The minimum absolute atomic E-state index is 0.139. The highest BCUT2D eigenvalue weighted by Crippen LogP contribution is 2.24. The fourth-order valence-electron chi connectivity index (χ4n) is 2.10. The topological polar surface area (TPSA) is 38.9 Å². The van der Waals surface area contributed by atoms with Gasteiger partial charge in [0.1, 0.15) is 0 Å². The Morgan fingerprint density at radius 2 is 1.89 bits per heavy atom. The summed E-state index contributed by atoms with van der Waals surface area (Å²) in [6, 6.07) is 14.5. The summed E-state index contributed by atoms with van der Waals surface area (Å²) in [4.78, 5) is 4.46. The first kappa shape index (κ1) is 11.4. The maximum atomic E-state index is 6.26. The Bertz CT molecular complexity index is 688. The molecule has 3 rings (SSSR count). The van der Waals surface area contributed by atoms with Crippen molar-refractivity contribution in [2.24, 2.45) is 5.73 Å². The molecule has 2 N–H and O–H groups in total. The number of benzene rings is 2. The summed E-state index contributed by atoms with van der Waals surface area (Å²) in [5.74, 6) is 0. The molecule has 0 fully saturated rings. The van der Waals surface area contributed by atoms with E-state index < -0.39 is 0 Å². The van der Waals surface area contributed by atoms with Gasteiger partial charge in [0, 0.05) is 5.38 Å². The first-order chi connectivity index (χ1) is 8.74. The molecule has 0 saturated carbocycles. The van der Waals surface area contributed by atoms with Gasteiger partial charge in [-0.1, -0.05) is 36.4 Å². The largest absolute Gasteiger partial charge is 0.319 e. The molecule has 0 radical (unpaired) electrons. The van der Waals surface area contributed by atoms with Crippen LogP contribution in [0.25, 0.3) is 10.8 Å². The van der Waals surface area contributed by atoms with Crippen molar-refractivity contribution in [1.29, 1.82) is 0 Å². The Kier molecular flexibility index (Phi) is 2.86. The highest BCUT2D eigenvalue weighted by atomic mass is 32.1. The summed E-state index contributed by atoms with van der Waals surface area (Å²) in [5, 5.41) is 5.55. The Morgan fingerprint density at radius 1 is 1.11 bits per heavy atom. The van der Waals surface area contributed by atoms with Gasteiger partial charge in [0.15, 0.2) is 0 Å². The lowest BCUT2D eigenvalue weighted by Crippen LogP contribution is -2.12. The van der Waals surface area contributed by atoms with Gasteiger partial charge in [0.25, 0.3) is 0 Å². The van der Waals surface area contributed by atoms with Gasteiger partial charge in [-0.3, -0.25) is 0 Å². The normalized spacial score (nSPS) is 12.8. The van der Waals surface area contributed by atoms with E-state index in [-0.39, 0.29) is 6.04 Å². The highest BCUT2D eigenvalue weighted by Gasteiger charge is 2.12. The maximum absolute atomic E-state index is 6.26. The molecule has 1 atom stereocenters. The molecule has 0 bridgehead atoms. The number of nitrogens with two attached hydrogens (primary N) is 1. The molecule has 2 aromatic carbocycles. The maximum Gasteiger partial charge on any atom is 0.0898 e. The summed E-state index contributed by atoms with van der Waals surface area (Å²) < 4.78 is 0. The minimum atomic E-state index is -0.139. The second-order valence-electron chi connectivity index (χ2n) is 4.38. The smallest absolute Gasteiger partial charge is 0.0898 e. The van der Waals surface area contributed by atoms with Crippen molar-refractivity contribution in [3.05, 3.63) is 64.1 Å². The van der Waals surface area contributed by atoms with Gasteiger partial charge >= 0.3 is 0 Å². The molecule has 0 aliphatic rings. The lowest BCUT2D eigenvalue weighted by Gasteiger charge is -2.10. The average molecular weight is 254 g/mol. The molecule has 1 unspecified atom stereocenters. The zero-order valence-electron chi connectivity index (χ0n) is 10.1. The molecule has 0 aliphatic heterocycles. The van der Waals surface area contributed by atoms with Gasteiger partial charge in [0.05, 0.1) is 16.7 Å². The van der Waals surface area contributed by atoms with Crippen molar-refractivity contribution in [2.45, 2.75) is 13.0 Å². The van der Waals surface area contributed by atoms with Crippen LogP contribution in [-0.2, 0) is 0 Å². The summed E-state index contributed by atoms with van der Waals surface area (Å²) in [6.07, 6.45) is 0. The van der Waals surface area contributed by atoms with Gasteiger partial charge < -0.3 is 5.73 Å². The van der Waals surface area contributed by atoms with E-state index in [2.05, 4.69) is 35.3 Å². The minimum Gasteiger partial charge on any atom is -0.319 e. The number of aromatic nitrogens is 1. The predicted octanol–water partition coefficient (Wildman–Crippen LogP) is 3.65. The van der Waals surface area contributed by atoms with Crippen molar-refractivity contribution in [2.75, 3.05) is 0 Å². The summed E-state index contributed by atoms with van der Waals surface area (Å²) in [5.41, 5.74) is 8.33. The van der Waals surface area contributed by atoms with Crippen LogP contribution in [0.1, 0.15) is 22.3 Å². The second kappa shape index (κ2) is 4.52. The van der Waals surface area contributed by atoms with Crippen LogP contribution in [-0.4, -0.2) is 4.98 Å². The average Bonchev–Trinajstić information content (AvgIpc) is 2.84. The van der Waals surface area contributed by atoms with Gasteiger partial charge in [-0.2, -0.15) is 0 Å². The van der Waals surface area contributed by atoms with E-state index >= 15 is 0 Å². The lowest BCUT2D eigenvalue weighted by molar-refractivity contribution is 0.836. The predicted molar refractivity (Wildman–Crippen MR) is 76.8 cm³/mol. The molecule has 18 heavy (non-hydrogen) atoms. The van der Waals surface area contributed by atoms with Crippen molar-refractivity contribution in [3.8, 4) is 0 Å². The number of nitrogens with zero attached hydrogens (tertiary/aromatic N) is 1. The molecule has 0 saturated heterocycles. The third kappa shape index (κ3) is 2.03.